The average molecular weight is 329 g/mol. The summed E-state index contributed by atoms with van der Waals surface area (Å²) in [4.78, 5) is 25.8. The van der Waals surface area contributed by atoms with Crippen LogP contribution < -0.4 is 5.32 Å². The molecule has 1 heterocycles. The summed E-state index contributed by atoms with van der Waals surface area (Å²) in [5, 5.41) is 11.4. The van der Waals surface area contributed by atoms with Crippen LogP contribution in [-0.2, 0) is 14.3 Å². The molecule has 1 aliphatic heterocycles. The third-order valence-corrected chi connectivity index (χ3v) is 3.98. The number of likely N-dealkylation sites (tertiary alicyclic amines) is 1. The largest absolute Gasteiger partial charge is 0.362 e. The van der Waals surface area contributed by atoms with Crippen LogP contribution in [-0.4, -0.2) is 43.0 Å². The molecule has 0 radical (unpaired) electrons. The zero-order valence-electron chi connectivity index (χ0n) is 14.1. The van der Waals surface area contributed by atoms with Gasteiger partial charge in [0.15, 0.2) is 0 Å². The fourth-order valence-corrected chi connectivity index (χ4v) is 3.01. The predicted molar refractivity (Wildman–Crippen MR) is 90.1 cm³/mol. The van der Waals surface area contributed by atoms with Crippen LogP contribution in [0.3, 0.4) is 0 Å². The van der Waals surface area contributed by atoms with Gasteiger partial charge in [-0.2, -0.15) is 5.26 Å². The number of nitrogens with zero attached hydrogens (tertiary/aromatic N) is 2. The van der Waals surface area contributed by atoms with Crippen molar-refractivity contribution < 1.29 is 14.3 Å². The van der Waals surface area contributed by atoms with Gasteiger partial charge < -0.3 is 15.0 Å². The fraction of sp³-hybridized carbons (Fsp3) is 0.500. The van der Waals surface area contributed by atoms with E-state index in [2.05, 4.69) is 19.2 Å². The molecule has 6 heteroatoms. The van der Waals surface area contributed by atoms with Gasteiger partial charge in [-0.3, -0.25) is 9.59 Å². The molecule has 0 saturated carbocycles. The minimum atomic E-state index is -0.326. The number of piperidine rings is 1. The van der Waals surface area contributed by atoms with Crippen molar-refractivity contribution in [3.8, 4) is 6.07 Å². The number of nitrogens with one attached hydrogen (secondary N) is 1. The van der Waals surface area contributed by atoms with Crippen molar-refractivity contribution in [2.75, 3.05) is 31.6 Å². The number of hydrogen-bond acceptors (Lipinski definition) is 4. The van der Waals surface area contributed by atoms with E-state index in [-0.39, 0.29) is 25.0 Å². The molecule has 128 valence electrons. The van der Waals surface area contributed by atoms with Crippen molar-refractivity contribution in [2.24, 2.45) is 11.8 Å². The van der Waals surface area contributed by atoms with Gasteiger partial charge in [-0.25, -0.2) is 0 Å². The highest BCUT2D eigenvalue weighted by Crippen LogP contribution is 2.20. The van der Waals surface area contributed by atoms with Crippen molar-refractivity contribution in [1.29, 1.82) is 5.26 Å². The van der Waals surface area contributed by atoms with Gasteiger partial charge in [0.1, 0.15) is 13.2 Å². The van der Waals surface area contributed by atoms with Crippen molar-refractivity contribution in [1.82, 2.24) is 4.90 Å². The van der Waals surface area contributed by atoms with Crippen LogP contribution in [0.25, 0.3) is 0 Å². The molecule has 0 unspecified atom stereocenters. The number of amides is 2. The van der Waals surface area contributed by atoms with Crippen LogP contribution in [0.15, 0.2) is 24.3 Å². The number of rotatable bonds is 5. The highest BCUT2D eigenvalue weighted by Gasteiger charge is 2.25. The van der Waals surface area contributed by atoms with Crippen molar-refractivity contribution in [3.05, 3.63) is 29.8 Å². The summed E-state index contributed by atoms with van der Waals surface area (Å²) in [7, 11) is 0. The van der Waals surface area contributed by atoms with E-state index in [9.17, 15) is 9.59 Å². The number of anilines is 1. The minimum Gasteiger partial charge on any atom is -0.362 e. The lowest BCUT2D eigenvalue weighted by atomic mass is 9.92. The summed E-state index contributed by atoms with van der Waals surface area (Å²) in [5.41, 5.74) is 1.12. The molecule has 0 aromatic heterocycles. The molecule has 2 amide bonds. The van der Waals surface area contributed by atoms with E-state index in [0.717, 1.165) is 19.5 Å². The van der Waals surface area contributed by atoms with Crippen molar-refractivity contribution >= 4 is 17.5 Å². The van der Waals surface area contributed by atoms with Crippen LogP contribution in [0.1, 0.15) is 25.8 Å². The van der Waals surface area contributed by atoms with E-state index in [1.807, 2.05) is 11.0 Å². The second kappa shape index (κ2) is 8.46. The van der Waals surface area contributed by atoms with Gasteiger partial charge >= 0.3 is 0 Å². The summed E-state index contributed by atoms with van der Waals surface area (Å²) in [6.07, 6.45) is 1.14. The quantitative estimate of drug-likeness (QED) is 0.896. The lowest BCUT2D eigenvalue weighted by Crippen LogP contribution is -2.44. The Morgan fingerprint density at radius 1 is 1.21 bits per heavy atom. The summed E-state index contributed by atoms with van der Waals surface area (Å²) in [6.45, 7) is 5.53. The molecular formula is C18H23N3O3. The molecule has 0 spiro atoms. The standard InChI is InChI=1S/C18H23N3O3/c1-13-7-14(2)10-21(9-13)18(23)12-24-11-17(22)20-16-5-3-15(8-19)4-6-16/h3-6,13-14H,7,9-12H2,1-2H3,(H,20,22)/t13-,14+. The number of nitriles is 1. The van der Waals surface area contributed by atoms with Crippen LogP contribution in [0, 0.1) is 23.2 Å². The Balaban J connectivity index is 1.71. The third-order valence-electron chi connectivity index (χ3n) is 3.98. The molecule has 1 fully saturated rings. The Kier molecular flexibility index (Phi) is 6.33. The molecule has 1 aromatic carbocycles. The SMILES string of the molecule is C[C@@H]1C[C@H](C)CN(C(=O)COCC(=O)Nc2ccc(C#N)cc2)C1. The molecule has 0 bridgehead atoms. The van der Waals surface area contributed by atoms with Crippen LogP contribution in [0.4, 0.5) is 5.69 Å². The molecule has 1 N–H and O–H groups in total. The first kappa shape index (κ1) is 18.0. The van der Waals surface area contributed by atoms with E-state index in [0.29, 0.717) is 23.1 Å². The van der Waals surface area contributed by atoms with E-state index in [1.165, 1.54) is 0 Å². The number of ether oxygens (including phenoxy) is 1. The average Bonchev–Trinajstić information content (AvgIpc) is 2.54. The van der Waals surface area contributed by atoms with E-state index in [1.54, 1.807) is 24.3 Å². The Morgan fingerprint density at radius 3 is 2.42 bits per heavy atom. The zero-order valence-corrected chi connectivity index (χ0v) is 14.1. The van der Waals surface area contributed by atoms with Gasteiger partial charge in [0.05, 0.1) is 11.6 Å². The first-order valence-electron chi connectivity index (χ1n) is 8.13. The monoisotopic (exact) mass is 329 g/mol. The summed E-state index contributed by atoms with van der Waals surface area (Å²) in [5.74, 6) is 0.599. The summed E-state index contributed by atoms with van der Waals surface area (Å²) in [6, 6.07) is 8.56. The molecule has 2 atom stereocenters. The smallest absolute Gasteiger partial charge is 0.250 e. The van der Waals surface area contributed by atoms with Gasteiger partial charge in [0.2, 0.25) is 11.8 Å². The lowest BCUT2D eigenvalue weighted by Gasteiger charge is -2.34. The van der Waals surface area contributed by atoms with Crippen LogP contribution in [0.5, 0.6) is 0 Å². The van der Waals surface area contributed by atoms with Gasteiger partial charge in [0.25, 0.3) is 0 Å². The number of benzene rings is 1. The maximum absolute atomic E-state index is 12.1. The minimum absolute atomic E-state index is 0.0698. The Morgan fingerprint density at radius 2 is 1.83 bits per heavy atom. The molecule has 24 heavy (non-hydrogen) atoms. The van der Waals surface area contributed by atoms with E-state index in [4.69, 9.17) is 10.00 Å². The third kappa shape index (κ3) is 5.36. The Labute approximate surface area is 142 Å². The number of carbonyl (C=O) groups excluding carboxylic acids is 2. The highest BCUT2D eigenvalue weighted by atomic mass is 16.5. The first-order valence-corrected chi connectivity index (χ1v) is 8.13. The molecule has 1 aliphatic rings. The molecule has 1 saturated heterocycles. The normalized spacial score (nSPS) is 20.3. The zero-order chi connectivity index (χ0) is 17.5. The molecule has 0 aliphatic carbocycles. The summed E-state index contributed by atoms with van der Waals surface area (Å²) < 4.78 is 5.24. The number of carbonyl (C=O) groups is 2. The molecule has 1 aromatic rings. The highest BCUT2D eigenvalue weighted by molar-refractivity contribution is 5.91. The van der Waals surface area contributed by atoms with Gasteiger partial charge in [-0.1, -0.05) is 13.8 Å². The van der Waals surface area contributed by atoms with Gasteiger partial charge in [0, 0.05) is 18.8 Å². The van der Waals surface area contributed by atoms with Crippen LogP contribution >= 0.6 is 0 Å². The van der Waals surface area contributed by atoms with E-state index >= 15 is 0 Å². The first-order chi connectivity index (χ1) is 11.5. The summed E-state index contributed by atoms with van der Waals surface area (Å²) >= 11 is 0. The van der Waals surface area contributed by atoms with Crippen LogP contribution in [0.2, 0.25) is 0 Å². The van der Waals surface area contributed by atoms with Gasteiger partial charge in [-0.05, 0) is 42.5 Å². The second-order valence-electron chi connectivity index (χ2n) is 6.47. The number of hydrogen-bond donors (Lipinski definition) is 1. The Hall–Kier alpha value is -2.39. The predicted octanol–water partition coefficient (Wildman–Crippen LogP) is 2.02. The fourth-order valence-electron chi connectivity index (χ4n) is 3.01. The Bertz CT molecular complexity index is 611. The lowest BCUT2D eigenvalue weighted by molar-refractivity contribution is -0.140. The molecule has 6 nitrogen and oxygen atoms in total. The molecular weight excluding hydrogens is 306 g/mol. The van der Waals surface area contributed by atoms with Crippen molar-refractivity contribution in [3.63, 3.8) is 0 Å². The topological polar surface area (TPSA) is 82.4 Å². The molecule has 2 rings (SSSR count). The maximum Gasteiger partial charge on any atom is 0.250 e. The maximum atomic E-state index is 12.1. The van der Waals surface area contributed by atoms with Crippen molar-refractivity contribution in [2.45, 2.75) is 20.3 Å². The van der Waals surface area contributed by atoms with Gasteiger partial charge in [-0.15, -0.1) is 0 Å². The van der Waals surface area contributed by atoms with E-state index < -0.39 is 0 Å². The second-order valence-corrected chi connectivity index (χ2v) is 6.47.